The number of alkyl halides is 1. The molecule has 0 aliphatic heterocycles. The largest absolute Gasteiger partial charge is 0.255 e. The van der Waals surface area contributed by atoms with Crippen LogP contribution in [-0.2, 0) is 6.42 Å². The summed E-state index contributed by atoms with van der Waals surface area (Å²) in [6, 6.07) is 5.22. The Morgan fingerprint density at radius 1 is 1.32 bits per heavy atom. The summed E-state index contributed by atoms with van der Waals surface area (Å²) in [7, 11) is 0. The summed E-state index contributed by atoms with van der Waals surface area (Å²) in [5.41, 5.74) is 1.82. The molecule has 0 spiro atoms. The van der Waals surface area contributed by atoms with E-state index in [9.17, 15) is 8.78 Å². The lowest BCUT2D eigenvalue weighted by Crippen LogP contribution is -2.08. The Morgan fingerprint density at radius 3 is 2.96 bits per heavy atom. The van der Waals surface area contributed by atoms with Crippen LogP contribution in [0, 0.1) is 0 Å². The standard InChI is InChI=1S/C17H12BrF2N5/c1-2-10-3-4-15-22-23-16(25(15)24-10)6-11-13(19)7-14-12(17(11)20)5-9(18)8-21-14/h3-8,17H,2H2,1H3. The minimum Gasteiger partial charge on any atom is -0.255 e. The van der Waals surface area contributed by atoms with Gasteiger partial charge in [0.2, 0.25) is 0 Å². The molecule has 0 aromatic carbocycles. The molecule has 0 bridgehead atoms. The zero-order valence-electron chi connectivity index (χ0n) is 13.1. The molecule has 0 N–H and O–H groups in total. The Kier molecular flexibility index (Phi) is 3.91. The van der Waals surface area contributed by atoms with Gasteiger partial charge in [-0.2, -0.15) is 9.61 Å². The molecule has 0 saturated carbocycles. The van der Waals surface area contributed by atoms with E-state index in [-0.39, 0.29) is 17.1 Å². The number of pyridine rings is 1. The van der Waals surface area contributed by atoms with Gasteiger partial charge in [-0.1, -0.05) is 6.92 Å². The van der Waals surface area contributed by atoms with Crippen molar-refractivity contribution in [3.8, 4) is 0 Å². The van der Waals surface area contributed by atoms with Gasteiger partial charge in [0.05, 0.1) is 11.4 Å². The van der Waals surface area contributed by atoms with Crippen LogP contribution in [0.5, 0.6) is 0 Å². The highest BCUT2D eigenvalue weighted by atomic mass is 79.9. The number of aryl methyl sites for hydroxylation is 1. The van der Waals surface area contributed by atoms with E-state index >= 15 is 0 Å². The molecule has 3 aromatic heterocycles. The average molecular weight is 404 g/mol. The number of nitrogens with zero attached hydrogens (tertiary/aromatic N) is 5. The summed E-state index contributed by atoms with van der Waals surface area (Å²) in [6.45, 7) is 1.97. The lowest BCUT2D eigenvalue weighted by atomic mass is 9.94. The molecule has 3 heterocycles. The summed E-state index contributed by atoms with van der Waals surface area (Å²) in [5, 5.41) is 12.4. The Hall–Kier alpha value is -2.48. The minimum atomic E-state index is -1.65. The fourth-order valence-electron chi connectivity index (χ4n) is 2.68. The molecule has 1 atom stereocenters. The average Bonchev–Trinajstić information content (AvgIpc) is 3.01. The van der Waals surface area contributed by atoms with E-state index in [0.717, 1.165) is 12.1 Å². The van der Waals surface area contributed by atoms with Crippen LogP contribution in [0.4, 0.5) is 8.78 Å². The van der Waals surface area contributed by atoms with Crippen LogP contribution >= 0.6 is 15.9 Å². The van der Waals surface area contributed by atoms with E-state index in [1.165, 1.54) is 22.9 Å². The van der Waals surface area contributed by atoms with Crippen molar-refractivity contribution in [1.29, 1.82) is 0 Å². The molecule has 25 heavy (non-hydrogen) atoms. The molecule has 0 fully saturated rings. The van der Waals surface area contributed by atoms with E-state index < -0.39 is 12.0 Å². The van der Waals surface area contributed by atoms with E-state index in [1.807, 2.05) is 13.0 Å². The Labute approximate surface area is 150 Å². The molecular formula is C17H12BrF2N5. The van der Waals surface area contributed by atoms with Crippen molar-refractivity contribution in [3.63, 3.8) is 0 Å². The fraction of sp³-hybridized carbons (Fsp3) is 0.176. The zero-order valence-corrected chi connectivity index (χ0v) is 14.7. The van der Waals surface area contributed by atoms with Crippen molar-refractivity contribution >= 4 is 33.7 Å². The van der Waals surface area contributed by atoms with Gasteiger partial charge in [-0.15, -0.1) is 10.2 Å². The van der Waals surface area contributed by atoms with Gasteiger partial charge >= 0.3 is 0 Å². The molecule has 0 amide bonds. The third kappa shape index (κ3) is 2.76. The van der Waals surface area contributed by atoms with Crippen LogP contribution in [-0.4, -0.2) is 24.8 Å². The highest BCUT2D eigenvalue weighted by Gasteiger charge is 2.28. The van der Waals surface area contributed by atoms with Gasteiger partial charge in [-0.3, -0.25) is 4.98 Å². The van der Waals surface area contributed by atoms with Crippen molar-refractivity contribution < 1.29 is 8.78 Å². The van der Waals surface area contributed by atoms with Crippen LogP contribution in [0.3, 0.4) is 0 Å². The topological polar surface area (TPSA) is 56.0 Å². The lowest BCUT2D eigenvalue weighted by molar-refractivity contribution is 0.384. The molecule has 0 radical (unpaired) electrons. The first-order valence-electron chi connectivity index (χ1n) is 7.67. The predicted octanol–water partition coefficient (Wildman–Crippen LogP) is 4.26. The molecule has 1 aliphatic rings. The second-order valence-electron chi connectivity index (χ2n) is 5.59. The first kappa shape index (κ1) is 16.0. The summed E-state index contributed by atoms with van der Waals surface area (Å²) in [6.07, 6.45) is 3.15. The van der Waals surface area contributed by atoms with Crippen LogP contribution < -0.4 is 0 Å². The summed E-state index contributed by atoms with van der Waals surface area (Å²) < 4.78 is 31.5. The first-order chi connectivity index (χ1) is 12.1. The highest BCUT2D eigenvalue weighted by Crippen LogP contribution is 2.40. The van der Waals surface area contributed by atoms with Crippen molar-refractivity contribution in [1.82, 2.24) is 24.8 Å². The molecule has 4 rings (SSSR count). The van der Waals surface area contributed by atoms with Gasteiger partial charge < -0.3 is 0 Å². The summed E-state index contributed by atoms with van der Waals surface area (Å²) in [5.74, 6) is -0.406. The monoisotopic (exact) mass is 403 g/mol. The van der Waals surface area contributed by atoms with Crippen molar-refractivity contribution in [2.45, 2.75) is 19.5 Å². The maximum atomic E-state index is 14.9. The lowest BCUT2D eigenvalue weighted by Gasteiger charge is -2.18. The third-order valence-corrected chi connectivity index (χ3v) is 4.42. The number of halogens is 3. The van der Waals surface area contributed by atoms with Gasteiger partial charge in [-0.05, 0) is 46.6 Å². The Bertz CT molecular complexity index is 1040. The first-order valence-corrected chi connectivity index (χ1v) is 8.46. The van der Waals surface area contributed by atoms with Gasteiger partial charge in [0.1, 0.15) is 5.83 Å². The zero-order chi connectivity index (χ0) is 17.6. The molecular weight excluding hydrogens is 392 g/mol. The van der Waals surface area contributed by atoms with Crippen LogP contribution in [0.2, 0.25) is 0 Å². The van der Waals surface area contributed by atoms with Crippen LogP contribution in [0.15, 0.2) is 40.3 Å². The summed E-state index contributed by atoms with van der Waals surface area (Å²) in [4.78, 5) is 4.05. The quantitative estimate of drug-likeness (QED) is 0.641. The summed E-state index contributed by atoms with van der Waals surface area (Å²) >= 11 is 3.26. The molecule has 1 unspecified atom stereocenters. The van der Waals surface area contributed by atoms with Crippen LogP contribution in [0.25, 0.3) is 17.8 Å². The number of hydrogen-bond donors (Lipinski definition) is 0. The van der Waals surface area contributed by atoms with Crippen molar-refractivity contribution in [2.24, 2.45) is 0 Å². The van der Waals surface area contributed by atoms with Crippen LogP contribution in [0.1, 0.15) is 35.9 Å². The normalized spacial score (nSPS) is 18.5. The van der Waals surface area contributed by atoms with Gasteiger partial charge in [0.25, 0.3) is 0 Å². The van der Waals surface area contributed by atoms with Crippen molar-refractivity contribution in [3.05, 3.63) is 63.0 Å². The maximum Gasteiger partial charge on any atom is 0.178 e. The third-order valence-electron chi connectivity index (χ3n) is 3.99. The number of rotatable bonds is 2. The molecule has 1 aliphatic carbocycles. The number of aromatic nitrogens is 5. The van der Waals surface area contributed by atoms with Gasteiger partial charge in [0, 0.05) is 27.9 Å². The second-order valence-corrected chi connectivity index (χ2v) is 6.50. The van der Waals surface area contributed by atoms with E-state index in [1.54, 1.807) is 12.1 Å². The number of fused-ring (bicyclic) bond motifs is 2. The van der Waals surface area contributed by atoms with E-state index in [0.29, 0.717) is 15.7 Å². The van der Waals surface area contributed by atoms with E-state index in [4.69, 9.17) is 0 Å². The highest BCUT2D eigenvalue weighted by molar-refractivity contribution is 9.10. The fourth-order valence-corrected chi connectivity index (χ4v) is 3.03. The molecule has 0 saturated heterocycles. The Balaban J connectivity index is 1.84. The smallest absolute Gasteiger partial charge is 0.178 e. The maximum absolute atomic E-state index is 14.9. The molecule has 126 valence electrons. The van der Waals surface area contributed by atoms with Crippen molar-refractivity contribution in [2.75, 3.05) is 0 Å². The number of hydrogen-bond acceptors (Lipinski definition) is 4. The molecule has 8 heteroatoms. The predicted molar refractivity (Wildman–Crippen MR) is 93.0 cm³/mol. The Morgan fingerprint density at radius 2 is 2.16 bits per heavy atom. The van der Waals surface area contributed by atoms with Gasteiger partial charge in [-0.25, -0.2) is 8.78 Å². The minimum absolute atomic E-state index is 0.120. The number of allylic oxidation sites excluding steroid dienone is 2. The second kappa shape index (κ2) is 6.11. The SMILES string of the molecule is CCc1ccc2nnc(C=C3C(F)=Cc4ncc(Br)cc4C3F)n2n1. The van der Waals surface area contributed by atoms with E-state index in [2.05, 4.69) is 36.2 Å². The molecule has 3 aromatic rings. The van der Waals surface area contributed by atoms with Gasteiger partial charge in [0.15, 0.2) is 17.6 Å². The molecule has 5 nitrogen and oxygen atoms in total.